The van der Waals surface area contributed by atoms with Crippen LogP contribution in [0.4, 0.5) is 5.69 Å². The largest absolute Gasteiger partial charge is 0.385 e. The molecule has 0 radical (unpaired) electrons. The predicted molar refractivity (Wildman–Crippen MR) is 55.3 cm³/mol. The summed E-state index contributed by atoms with van der Waals surface area (Å²) >= 11 is 0. The number of amides is 1. The third-order valence-electron chi connectivity index (χ3n) is 2.12. The summed E-state index contributed by atoms with van der Waals surface area (Å²) in [7, 11) is -3.64. The zero-order chi connectivity index (χ0) is 11.1. The number of benzene rings is 1. The number of carbonyl (C=O) groups is 1. The van der Waals surface area contributed by atoms with Gasteiger partial charge < -0.3 is 5.32 Å². The van der Waals surface area contributed by atoms with E-state index in [1.807, 2.05) is 11.6 Å². The molecule has 2 rings (SSSR count). The zero-order valence-electron chi connectivity index (χ0n) is 8.07. The monoisotopic (exact) mass is 226 g/mol. The van der Waals surface area contributed by atoms with Crippen LogP contribution in [-0.2, 0) is 10.0 Å². The van der Waals surface area contributed by atoms with Crippen molar-refractivity contribution >= 4 is 21.6 Å². The molecule has 80 valence electrons. The Labute approximate surface area is 87.5 Å². The maximum Gasteiger partial charge on any atom is 0.266 e. The van der Waals surface area contributed by atoms with Crippen LogP contribution in [0.1, 0.15) is 17.3 Å². The van der Waals surface area contributed by atoms with Gasteiger partial charge in [0.15, 0.2) is 0 Å². The number of hydrogen-bond acceptors (Lipinski definition) is 4. The molecule has 5 nitrogen and oxygen atoms in total. The second kappa shape index (κ2) is 3.23. The van der Waals surface area contributed by atoms with E-state index in [4.69, 9.17) is 0 Å². The van der Waals surface area contributed by atoms with Gasteiger partial charge in [0.05, 0.1) is 5.56 Å². The summed E-state index contributed by atoms with van der Waals surface area (Å²) in [4.78, 5) is 11.3. The molecule has 0 bridgehead atoms. The van der Waals surface area contributed by atoms with Gasteiger partial charge in [0, 0.05) is 12.2 Å². The highest BCUT2D eigenvalue weighted by Crippen LogP contribution is 2.25. The lowest BCUT2D eigenvalue weighted by Crippen LogP contribution is -2.20. The predicted octanol–water partition coefficient (Wildman–Crippen LogP) is 0.550. The molecule has 1 amide bonds. The van der Waals surface area contributed by atoms with Crippen molar-refractivity contribution in [2.24, 2.45) is 0 Å². The summed E-state index contributed by atoms with van der Waals surface area (Å²) in [6.07, 6.45) is 0. The molecule has 1 aliphatic heterocycles. The summed E-state index contributed by atoms with van der Waals surface area (Å²) in [5, 5.41) is 2.99. The van der Waals surface area contributed by atoms with Crippen LogP contribution in [0, 0.1) is 0 Å². The molecule has 0 fully saturated rings. The van der Waals surface area contributed by atoms with Crippen molar-refractivity contribution in [1.29, 1.82) is 0 Å². The number of carbonyl (C=O) groups excluding carboxylic acids is 1. The van der Waals surface area contributed by atoms with Crippen LogP contribution in [-0.4, -0.2) is 20.9 Å². The fourth-order valence-corrected chi connectivity index (χ4v) is 2.67. The Morgan fingerprint density at radius 3 is 2.80 bits per heavy atom. The second-order valence-electron chi connectivity index (χ2n) is 3.18. The molecule has 0 unspecified atom stereocenters. The molecule has 0 saturated heterocycles. The quantitative estimate of drug-likeness (QED) is 0.772. The first-order valence-electron chi connectivity index (χ1n) is 4.49. The van der Waals surface area contributed by atoms with Crippen molar-refractivity contribution in [3.8, 4) is 0 Å². The molecule has 6 heteroatoms. The van der Waals surface area contributed by atoms with Gasteiger partial charge in [-0.3, -0.25) is 4.79 Å². The maximum absolute atomic E-state index is 11.5. The first-order valence-corrected chi connectivity index (χ1v) is 5.98. The normalized spacial score (nSPS) is 17.0. The Balaban J connectivity index is 2.57. The van der Waals surface area contributed by atoms with Crippen LogP contribution in [0.15, 0.2) is 23.1 Å². The van der Waals surface area contributed by atoms with Crippen molar-refractivity contribution in [2.45, 2.75) is 11.8 Å². The van der Waals surface area contributed by atoms with Gasteiger partial charge in [-0.2, -0.15) is 0 Å². The van der Waals surface area contributed by atoms with Gasteiger partial charge in [-0.05, 0) is 25.1 Å². The smallest absolute Gasteiger partial charge is 0.266 e. The number of anilines is 1. The molecule has 1 aromatic carbocycles. The standard InChI is InChI=1S/C9H10N2O3S/c1-2-10-6-3-4-7-8(5-6)15(13,14)11-9(7)12/h3-5,10H,2H2,1H3,(H,11,12). The van der Waals surface area contributed by atoms with Crippen molar-refractivity contribution in [2.75, 3.05) is 11.9 Å². The van der Waals surface area contributed by atoms with Crippen molar-refractivity contribution in [1.82, 2.24) is 4.72 Å². The number of fused-ring (bicyclic) bond motifs is 1. The van der Waals surface area contributed by atoms with Gasteiger partial charge in [-0.15, -0.1) is 0 Å². The van der Waals surface area contributed by atoms with Crippen LogP contribution in [0.3, 0.4) is 0 Å². The summed E-state index contributed by atoms with van der Waals surface area (Å²) in [5.74, 6) is -0.562. The van der Waals surface area contributed by atoms with Crippen molar-refractivity contribution in [3.05, 3.63) is 23.8 Å². The SMILES string of the molecule is CCNc1ccc2c(c1)S(=O)(=O)NC2=O. The highest BCUT2D eigenvalue weighted by Gasteiger charge is 2.32. The van der Waals surface area contributed by atoms with Crippen LogP contribution < -0.4 is 10.0 Å². The molecule has 0 aromatic heterocycles. The van der Waals surface area contributed by atoms with E-state index in [9.17, 15) is 13.2 Å². The highest BCUT2D eigenvalue weighted by molar-refractivity contribution is 7.90. The number of rotatable bonds is 2. The minimum absolute atomic E-state index is 0.0472. The lowest BCUT2D eigenvalue weighted by atomic mass is 10.2. The number of nitrogens with one attached hydrogen (secondary N) is 2. The second-order valence-corrected chi connectivity index (χ2v) is 4.83. The topological polar surface area (TPSA) is 75.3 Å². The minimum atomic E-state index is -3.64. The lowest BCUT2D eigenvalue weighted by molar-refractivity contribution is 0.0985. The van der Waals surface area contributed by atoms with Crippen molar-refractivity contribution < 1.29 is 13.2 Å². The first-order chi connectivity index (χ1) is 7.04. The Kier molecular flexibility index (Phi) is 2.15. The molecule has 0 atom stereocenters. The van der Waals surface area contributed by atoms with E-state index in [1.54, 1.807) is 6.07 Å². The van der Waals surface area contributed by atoms with Crippen LogP contribution in [0.25, 0.3) is 0 Å². The Morgan fingerprint density at radius 2 is 2.13 bits per heavy atom. The molecule has 0 aliphatic carbocycles. The van der Waals surface area contributed by atoms with Gasteiger partial charge in [0.25, 0.3) is 15.9 Å². The number of hydrogen-bond donors (Lipinski definition) is 2. The van der Waals surface area contributed by atoms with Gasteiger partial charge in [-0.1, -0.05) is 0 Å². The summed E-state index contributed by atoms with van der Waals surface area (Å²) in [6.45, 7) is 2.60. The molecule has 15 heavy (non-hydrogen) atoms. The average Bonchev–Trinajstić information content (AvgIpc) is 2.38. The molecule has 1 heterocycles. The molecular formula is C9H10N2O3S. The molecule has 2 N–H and O–H groups in total. The Hall–Kier alpha value is -1.56. The number of sulfonamides is 1. The maximum atomic E-state index is 11.5. The molecule has 1 aromatic rings. The van der Waals surface area contributed by atoms with E-state index in [1.165, 1.54) is 12.1 Å². The Morgan fingerprint density at radius 1 is 1.40 bits per heavy atom. The summed E-state index contributed by atoms with van der Waals surface area (Å²) in [6, 6.07) is 4.65. The highest BCUT2D eigenvalue weighted by atomic mass is 32.2. The molecular weight excluding hydrogens is 216 g/mol. The van der Waals surface area contributed by atoms with Crippen LogP contribution in [0.5, 0.6) is 0 Å². The molecule has 0 spiro atoms. The Bertz CT molecular complexity index is 522. The van der Waals surface area contributed by atoms with Gasteiger partial charge in [0.1, 0.15) is 4.90 Å². The summed E-state index contributed by atoms with van der Waals surface area (Å²) in [5.41, 5.74) is 0.896. The average molecular weight is 226 g/mol. The van der Waals surface area contributed by atoms with Gasteiger partial charge >= 0.3 is 0 Å². The zero-order valence-corrected chi connectivity index (χ0v) is 8.89. The van der Waals surface area contributed by atoms with Crippen LogP contribution >= 0.6 is 0 Å². The lowest BCUT2D eigenvalue weighted by Gasteiger charge is -2.03. The third kappa shape index (κ3) is 1.56. The van der Waals surface area contributed by atoms with Gasteiger partial charge in [0.2, 0.25) is 0 Å². The summed E-state index contributed by atoms with van der Waals surface area (Å²) < 4.78 is 24.9. The van der Waals surface area contributed by atoms with Crippen LogP contribution in [0.2, 0.25) is 0 Å². The van der Waals surface area contributed by atoms with E-state index in [0.29, 0.717) is 12.2 Å². The van der Waals surface area contributed by atoms with Crippen molar-refractivity contribution in [3.63, 3.8) is 0 Å². The van der Waals surface area contributed by atoms with E-state index >= 15 is 0 Å². The van der Waals surface area contributed by atoms with E-state index in [2.05, 4.69) is 5.32 Å². The van der Waals surface area contributed by atoms with Gasteiger partial charge in [-0.25, -0.2) is 13.1 Å². The third-order valence-corrected chi connectivity index (χ3v) is 3.49. The van der Waals surface area contributed by atoms with E-state index < -0.39 is 15.9 Å². The molecule has 0 saturated carbocycles. The fourth-order valence-electron chi connectivity index (χ4n) is 1.48. The first kappa shape index (κ1) is 9.97. The minimum Gasteiger partial charge on any atom is -0.385 e. The molecule has 1 aliphatic rings. The van der Waals surface area contributed by atoms with E-state index in [0.717, 1.165) is 0 Å². The van der Waals surface area contributed by atoms with E-state index in [-0.39, 0.29) is 10.5 Å². The fraction of sp³-hybridized carbons (Fsp3) is 0.222.